The van der Waals surface area contributed by atoms with Gasteiger partial charge in [-0.2, -0.15) is 0 Å². The van der Waals surface area contributed by atoms with E-state index in [-0.39, 0.29) is 31.0 Å². The molecule has 37 heavy (non-hydrogen) atoms. The van der Waals surface area contributed by atoms with E-state index in [4.69, 9.17) is 16.3 Å². The van der Waals surface area contributed by atoms with Crippen LogP contribution in [-0.2, 0) is 22.6 Å². The first kappa shape index (κ1) is 27.7. The van der Waals surface area contributed by atoms with Gasteiger partial charge in [0, 0.05) is 28.0 Å². The lowest BCUT2D eigenvalue weighted by Crippen LogP contribution is -2.53. The highest BCUT2D eigenvalue weighted by Crippen LogP contribution is 2.28. The molecule has 2 amide bonds. The number of rotatable bonds is 10. The fraction of sp³-hybridized carbons (Fsp3) is 0.310. The van der Waals surface area contributed by atoms with Gasteiger partial charge >= 0.3 is 0 Å². The smallest absolute Gasteiger partial charge is 0.261 e. The van der Waals surface area contributed by atoms with Gasteiger partial charge in [-0.1, -0.05) is 98.8 Å². The summed E-state index contributed by atoms with van der Waals surface area (Å²) in [6, 6.07) is 22.2. The normalized spacial score (nSPS) is 14.2. The summed E-state index contributed by atoms with van der Waals surface area (Å²) in [6.07, 6.45) is 4.55. The molecule has 1 atom stereocenters. The van der Waals surface area contributed by atoms with Crippen molar-refractivity contribution in [3.63, 3.8) is 0 Å². The number of hydrogen-bond donors (Lipinski definition) is 1. The van der Waals surface area contributed by atoms with Crippen LogP contribution in [0, 0.1) is 0 Å². The maximum Gasteiger partial charge on any atom is 0.261 e. The van der Waals surface area contributed by atoms with Gasteiger partial charge in [0.25, 0.3) is 5.91 Å². The Kier molecular flexibility index (Phi) is 10.1. The molecule has 0 unspecified atom stereocenters. The Morgan fingerprint density at radius 2 is 1.65 bits per heavy atom. The highest BCUT2D eigenvalue weighted by Gasteiger charge is 2.32. The molecule has 0 aromatic heterocycles. The molecule has 3 aromatic rings. The maximum absolute atomic E-state index is 13.7. The largest absolute Gasteiger partial charge is 0.482 e. The standard InChI is InChI=1S/C29H29Br2ClN2O3/c30-22-10-6-9-21(15-22)18-34(28(35)19-37-27-14-13-23(31)17-25(27)32)26(16-20-7-2-1-3-8-20)29(36)33-24-11-4-5-12-24/h1-3,6-10,13-15,17,24,26H,4-5,11-12,16,18-19H2,(H,33,36)/t26-/m1/s1. The van der Waals surface area contributed by atoms with Gasteiger partial charge in [-0.25, -0.2) is 0 Å². The Labute approximate surface area is 239 Å². The number of hydrogen-bond acceptors (Lipinski definition) is 3. The number of amides is 2. The van der Waals surface area contributed by atoms with Crippen LogP contribution >= 0.6 is 43.5 Å². The molecule has 8 heteroatoms. The zero-order valence-corrected chi connectivity index (χ0v) is 24.3. The molecule has 0 heterocycles. The zero-order valence-electron chi connectivity index (χ0n) is 20.3. The first-order valence-corrected chi connectivity index (χ1v) is 14.3. The molecular formula is C29H29Br2ClN2O3. The zero-order chi connectivity index (χ0) is 26.2. The third-order valence-electron chi connectivity index (χ3n) is 6.46. The minimum atomic E-state index is -0.696. The molecule has 1 aliphatic rings. The molecule has 3 aromatic carbocycles. The number of benzene rings is 3. The van der Waals surface area contributed by atoms with Crippen molar-refractivity contribution < 1.29 is 14.3 Å². The molecule has 1 aliphatic carbocycles. The van der Waals surface area contributed by atoms with Crippen LogP contribution in [0.2, 0.25) is 5.02 Å². The van der Waals surface area contributed by atoms with E-state index in [1.807, 2.05) is 54.6 Å². The fourth-order valence-corrected chi connectivity index (χ4v) is 5.74. The lowest BCUT2D eigenvalue weighted by Gasteiger charge is -2.32. The van der Waals surface area contributed by atoms with Crippen LogP contribution in [0.3, 0.4) is 0 Å². The van der Waals surface area contributed by atoms with Crippen molar-refractivity contribution in [2.75, 3.05) is 6.61 Å². The van der Waals surface area contributed by atoms with Crippen molar-refractivity contribution in [3.05, 3.63) is 97.9 Å². The van der Waals surface area contributed by atoms with E-state index in [0.717, 1.165) is 45.8 Å². The predicted octanol–water partition coefficient (Wildman–Crippen LogP) is 6.94. The van der Waals surface area contributed by atoms with Crippen molar-refractivity contribution in [2.24, 2.45) is 0 Å². The summed E-state index contributed by atoms with van der Waals surface area (Å²) in [5.41, 5.74) is 1.90. The second-order valence-corrected chi connectivity index (χ2v) is 11.4. The van der Waals surface area contributed by atoms with Crippen molar-refractivity contribution in [1.82, 2.24) is 10.2 Å². The van der Waals surface area contributed by atoms with E-state index >= 15 is 0 Å². The molecule has 1 fully saturated rings. The van der Waals surface area contributed by atoms with E-state index in [1.165, 1.54) is 0 Å². The Balaban J connectivity index is 1.62. The van der Waals surface area contributed by atoms with Crippen LogP contribution in [0.4, 0.5) is 0 Å². The van der Waals surface area contributed by atoms with Gasteiger partial charge in [0.2, 0.25) is 5.91 Å². The van der Waals surface area contributed by atoms with Crippen molar-refractivity contribution in [2.45, 2.75) is 50.7 Å². The summed E-state index contributed by atoms with van der Waals surface area (Å²) in [7, 11) is 0. The number of carbonyl (C=O) groups is 2. The Morgan fingerprint density at radius 3 is 2.35 bits per heavy atom. The topological polar surface area (TPSA) is 58.6 Å². The monoisotopic (exact) mass is 646 g/mol. The minimum absolute atomic E-state index is 0.138. The molecule has 0 radical (unpaired) electrons. The summed E-state index contributed by atoms with van der Waals surface area (Å²) in [5.74, 6) is -0.0159. The van der Waals surface area contributed by atoms with E-state index in [2.05, 4.69) is 37.2 Å². The van der Waals surface area contributed by atoms with Crippen LogP contribution in [0.1, 0.15) is 36.8 Å². The van der Waals surface area contributed by atoms with Crippen LogP contribution in [0.15, 0.2) is 81.7 Å². The number of nitrogens with one attached hydrogen (secondary N) is 1. The summed E-state index contributed by atoms with van der Waals surface area (Å²) < 4.78 is 7.55. The molecule has 194 valence electrons. The average Bonchev–Trinajstić information content (AvgIpc) is 3.39. The maximum atomic E-state index is 13.7. The van der Waals surface area contributed by atoms with Gasteiger partial charge < -0.3 is 15.0 Å². The number of ether oxygens (including phenoxy) is 1. The quantitative estimate of drug-likeness (QED) is 0.259. The van der Waals surface area contributed by atoms with Gasteiger partial charge in [0.15, 0.2) is 6.61 Å². The van der Waals surface area contributed by atoms with Crippen molar-refractivity contribution >= 4 is 55.3 Å². The van der Waals surface area contributed by atoms with E-state index in [1.54, 1.807) is 23.1 Å². The molecule has 5 nitrogen and oxygen atoms in total. The third-order valence-corrected chi connectivity index (χ3v) is 7.74. The summed E-state index contributed by atoms with van der Waals surface area (Å²) in [4.78, 5) is 29.0. The fourth-order valence-electron chi connectivity index (χ4n) is 4.57. The number of carbonyl (C=O) groups excluding carboxylic acids is 2. The molecule has 1 N–H and O–H groups in total. The van der Waals surface area contributed by atoms with Crippen LogP contribution in [0.5, 0.6) is 5.75 Å². The lowest BCUT2D eigenvalue weighted by molar-refractivity contribution is -0.143. The van der Waals surface area contributed by atoms with Gasteiger partial charge in [0.05, 0.1) is 5.02 Å². The Bertz CT molecular complexity index is 1220. The highest BCUT2D eigenvalue weighted by molar-refractivity contribution is 9.10. The molecule has 0 aliphatic heterocycles. The number of nitrogens with zero attached hydrogens (tertiary/aromatic N) is 1. The minimum Gasteiger partial charge on any atom is -0.482 e. The molecule has 0 bridgehead atoms. The summed E-state index contributed by atoms with van der Waals surface area (Å²) in [5, 5.41) is 3.61. The molecule has 0 saturated heterocycles. The Morgan fingerprint density at radius 1 is 0.946 bits per heavy atom. The van der Waals surface area contributed by atoms with Gasteiger partial charge in [-0.05, 0) is 54.3 Å². The van der Waals surface area contributed by atoms with Crippen LogP contribution in [0.25, 0.3) is 0 Å². The average molecular weight is 649 g/mol. The Hall–Kier alpha value is -2.35. The first-order valence-electron chi connectivity index (χ1n) is 12.3. The van der Waals surface area contributed by atoms with E-state index in [0.29, 0.717) is 17.2 Å². The third kappa shape index (κ3) is 8.06. The molecule has 0 spiro atoms. The number of halogens is 3. The van der Waals surface area contributed by atoms with Crippen LogP contribution in [-0.4, -0.2) is 35.4 Å². The SMILES string of the molecule is O=C(NC1CCCC1)[C@@H](Cc1ccccc1)N(Cc1cccc(Br)c1)C(=O)COc1ccc(Br)cc1Cl. The second kappa shape index (κ2) is 13.4. The lowest BCUT2D eigenvalue weighted by atomic mass is 10.0. The van der Waals surface area contributed by atoms with Crippen molar-refractivity contribution in [3.8, 4) is 5.75 Å². The summed E-state index contributed by atoms with van der Waals surface area (Å²) >= 11 is 13.2. The predicted molar refractivity (Wildman–Crippen MR) is 154 cm³/mol. The highest BCUT2D eigenvalue weighted by atomic mass is 79.9. The van der Waals surface area contributed by atoms with Crippen LogP contribution < -0.4 is 10.1 Å². The first-order chi connectivity index (χ1) is 17.9. The molecule has 1 saturated carbocycles. The summed E-state index contributed by atoms with van der Waals surface area (Å²) in [6.45, 7) is 0.0304. The van der Waals surface area contributed by atoms with Crippen molar-refractivity contribution in [1.29, 1.82) is 0 Å². The van der Waals surface area contributed by atoms with Gasteiger partial charge in [-0.15, -0.1) is 0 Å². The molecular weight excluding hydrogens is 620 g/mol. The second-order valence-electron chi connectivity index (χ2n) is 9.21. The van der Waals surface area contributed by atoms with Gasteiger partial charge in [-0.3, -0.25) is 9.59 Å². The van der Waals surface area contributed by atoms with Gasteiger partial charge in [0.1, 0.15) is 11.8 Å². The molecule has 4 rings (SSSR count). The van der Waals surface area contributed by atoms with E-state index in [9.17, 15) is 9.59 Å². The van der Waals surface area contributed by atoms with E-state index < -0.39 is 6.04 Å².